The lowest BCUT2D eigenvalue weighted by molar-refractivity contribution is -0.117. The second-order valence-corrected chi connectivity index (χ2v) is 7.27. The Bertz CT molecular complexity index is 838. The second-order valence-electron chi connectivity index (χ2n) is 5.74. The van der Waals surface area contributed by atoms with Gasteiger partial charge in [0.2, 0.25) is 15.9 Å². The first-order chi connectivity index (χ1) is 11.8. The lowest BCUT2D eigenvalue weighted by Gasteiger charge is -2.20. The van der Waals surface area contributed by atoms with Gasteiger partial charge in [0.25, 0.3) is 0 Å². The molecule has 1 heterocycles. The van der Waals surface area contributed by atoms with Crippen LogP contribution in [-0.4, -0.2) is 37.3 Å². The van der Waals surface area contributed by atoms with Crippen molar-refractivity contribution in [3.05, 3.63) is 53.9 Å². The van der Waals surface area contributed by atoms with Crippen LogP contribution in [0.2, 0.25) is 0 Å². The highest BCUT2D eigenvalue weighted by atomic mass is 32.2. The van der Waals surface area contributed by atoms with E-state index in [4.69, 9.17) is 5.14 Å². The van der Waals surface area contributed by atoms with Crippen molar-refractivity contribution >= 4 is 21.6 Å². The number of nitrogens with one attached hydrogen (secondary N) is 1. The molecular weight excluding hydrogens is 340 g/mol. The van der Waals surface area contributed by atoms with E-state index in [1.807, 2.05) is 24.0 Å². The molecular formula is C17H22N4O3S. The van der Waals surface area contributed by atoms with Crippen LogP contribution in [-0.2, 0) is 21.4 Å². The number of sulfonamides is 1. The predicted molar refractivity (Wildman–Crippen MR) is 96.4 cm³/mol. The fourth-order valence-electron chi connectivity index (χ4n) is 2.42. The van der Waals surface area contributed by atoms with Crippen LogP contribution in [0.3, 0.4) is 0 Å². The van der Waals surface area contributed by atoms with Crippen molar-refractivity contribution in [1.29, 1.82) is 0 Å². The van der Waals surface area contributed by atoms with Crippen LogP contribution in [0.5, 0.6) is 0 Å². The Morgan fingerprint density at radius 3 is 2.68 bits per heavy atom. The minimum absolute atomic E-state index is 0.00741. The van der Waals surface area contributed by atoms with Crippen molar-refractivity contribution in [3.63, 3.8) is 0 Å². The minimum Gasteiger partial charge on any atom is -0.325 e. The molecule has 0 saturated heterocycles. The van der Waals surface area contributed by atoms with Gasteiger partial charge in [-0.15, -0.1) is 0 Å². The average Bonchev–Trinajstić information content (AvgIpc) is 2.56. The number of benzene rings is 1. The maximum atomic E-state index is 12.3. The maximum absolute atomic E-state index is 12.3. The lowest BCUT2D eigenvalue weighted by atomic mass is 10.2. The summed E-state index contributed by atoms with van der Waals surface area (Å²) in [6.45, 7) is 5.10. The summed E-state index contributed by atoms with van der Waals surface area (Å²) < 4.78 is 23.1. The van der Waals surface area contributed by atoms with Crippen LogP contribution in [0.4, 0.5) is 5.69 Å². The number of aryl methyl sites for hydroxylation is 1. The minimum atomic E-state index is -3.83. The number of carbonyl (C=O) groups is 1. The maximum Gasteiger partial charge on any atom is 0.238 e. The van der Waals surface area contributed by atoms with Crippen LogP contribution in [0.25, 0.3) is 0 Å². The van der Waals surface area contributed by atoms with Gasteiger partial charge in [-0.1, -0.05) is 19.1 Å². The molecule has 0 aliphatic carbocycles. The van der Waals surface area contributed by atoms with E-state index >= 15 is 0 Å². The molecule has 0 atom stereocenters. The quantitative estimate of drug-likeness (QED) is 0.776. The Morgan fingerprint density at radius 2 is 2.08 bits per heavy atom. The number of amides is 1. The number of aromatic nitrogens is 1. The van der Waals surface area contributed by atoms with Gasteiger partial charge in [-0.25, -0.2) is 13.6 Å². The molecule has 2 rings (SSSR count). The lowest BCUT2D eigenvalue weighted by Crippen LogP contribution is -2.32. The van der Waals surface area contributed by atoms with E-state index in [0.717, 1.165) is 5.56 Å². The van der Waals surface area contributed by atoms with E-state index in [-0.39, 0.29) is 17.3 Å². The van der Waals surface area contributed by atoms with Crippen molar-refractivity contribution in [2.75, 3.05) is 18.4 Å². The van der Waals surface area contributed by atoms with Crippen LogP contribution in [0, 0.1) is 6.92 Å². The molecule has 8 heteroatoms. The van der Waals surface area contributed by atoms with Gasteiger partial charge in [0.1, 0.15) is 0 Å². The fourth-order valence-corrected chi connectivity index (χ4v) is 3.23. The SMILES string of the molecule is CCN(CC(=O)Nc1ccc(C)c(S(N)(=O)=O)c1)Cc1cccnc1. The zero-order chi connectivity index (χ0) is 18.4. The Hall–Kier alpha value is -2.29. The third kappa shape index (κ3) is 5.63. The number of nitrogens with two attached hydrogens (primary N) is 1. The topological polar surface area (TPSA) is 105 Å². The molecule has 0 bridgehead atoms. The molecule has 0 radical (unpaired) electrons. The summed E-state index contributed by atoms with van der Waals surface area (Å²) in [6.07, 6.45) is 3.46. The largest absolute Gasteiger partial charge is 0.325 e. The summed E-state index contributed by atoms with van der Waals surface area (Å²) in [5, 5.41) is 7.91. The Balaban J connectivity index is 2.04. The molecule has 0 fully saturated rings. The molecule has 2 aromatic rings. The van der Waals surface area contributed by atoms with Gasteiger partial charge in [0.15, 0.2) is 0 Å². The summed E-state index contributed by atoms with van der Waals surface area (Å²) in [5.74, 6) is -0.227. The van der Waals surface area contributed by atoms with Crippen LogP contribution in [0.15, 0.2) is 47.6 Å². The smallest absolute Gasteiger partial charge is 0.238 e. The van der Waals surface area contributed by atoms with Crippen LogP contribution >= 0.6 is 0 Å². The average molecular weight is 362 g/mol. The highest BCUT2D eigenvalue weighted by Gasteiger charge is 2.14. The molecule has 0 aliphatic rings. The van der Waals surface area contributed by atoms with Gasteiger partial charge in [0.05, 0.1) is 11.4 Å². The zero-order valence-corrected chi connectivity index (χ0v) is 15.1. The molecule has 1 aromatic carbocycles. The molecule has 25 heavy (non-hydrogen) atoms. The number of carbonyl (C=O) groups excluding carboxylic acids is 1. The first-order valence-electron chi connectivity index (χ1n) is 7.84. The van der Waals surface area contributed by atoms with Crippen molar-refractivity contribution in [2.24, 2.45) is 5.14 Å². The Labute approximate surface area is 147 Å². The number of primary sulfonamides is 1. The monoisotopic (exact) mass is 362 g/mol. The number of hydrogen-bond donors (Lipinski definition) is 2. The normalized spacial score (nSPS) is 11.5. The summed E-state index contributed by atoms with van der Waals surface area (Å²) in [6, 6.07) is 8.44. The summed E-state index contributed by atoms with van der Waals surface area (Å²) in [4.78, 5) is 18.3. The summed E-state index contributed by atoms with van der Waals surface area (Å²) in [5.41, 5.74) is 1.95. The molecule has 1 aromatic heterocycles. The highest BCUT2D eigenvalue weighted by Crippen LogP contribution is 2.19. The molecule has 0 spiro atoms. The molecule has 7 nitrogen and oxygen atoms in total. The molecule has 0 unspecified atom stereocenters. The highest BCUT2D eigenvalue weighted by molar-refractivity contribution is 7.89. The number of rotatable bonds is 7. The Kier molecular flexibility index (Phi) is 6.24. The molecule has 3 N–H and O–H groups in total. The number of hydrogen-bond acceptors (Lipinski definition) is 5. The van der Waals surface area contributed by atoms with Crippen molar-refractivity contribution < 1.29 is 13.2 Å². The van der Waals surface area contributed by atoms with E-state index in [9.17, 15) is 13.2 Å². The molecule has 0 aliphatic heterocycles. The van der Waals surface area contributed by atoms with Crippen LogP contribution < -0.4 is 10.5 Å². The standard InChI is InChI=1S/C17H22N4O3S/c1-3-21(11-14-5-4-8-19-10-14)12-17(22)20-15-7-6-13(2)16(9-15)25(18,23)24/h4-10H,3,11-12H2,1-2H3,(H,20,22)(H2,18,23,24). The Morgan fingerprint density at radius 1 is 1.32 bits per heavy atom. The van der Waals surface area contributed by atoms with Crippen molar-refractivity contribution in [2.45, 2.75) is 25.3 Å². The van der Waals surface area contributed by atoms with Gasteiger partial charge in [0, 0.05) is 24.6 Å². The van der Waals surface area contributed by atoms with Gasteiger partial charge in [-0.3, -0.25) is 14.7 Å². The van der Waals surface area contributed by atoms with Gasteiger partial charge < -0.3 is 5.32 Å². The number of anilines is 1. The van der Waals surface area contributed by atoms with Gasteiger partial charge >= 0.3 is 0 Å². The number of nitrogens with zero attached hydrogens (tertiary/aromatic N) is 2. The van der Waals surface area contributed by atoms with Crippen LogP contribution in [0.1, 0.15) is 18.1 Å². The predicted octanol–water partition coefficient (Wildman–Crippen LogP) is 1.50. The fraction of sp³-hybridized carbons (Fsp3) is 0.294. The van der Waals surface area contributed by atoms with E-state index in [1.54, 1.807) is 31.5 Å². The second kappa shape index (κ2) is 8.19. The van der Waals surface area contributed by atoms with Gasteiger partial charge in [-0.2, -0.15) is 0 Å². The molecule has 1 amide bonds. The number of pyridine rings is 1. The summed E-state index contributed by atoms with van der Waals surface area (Å²) in [7, 11) is -3.83. The number of likely N-dealkylation sites (N-methyl/N-ethyl adjacent to an activating group) is 1. The summed E-state index contributed by atoms with van der Waals surface area (Å²) >= 11 is 0. The third-order valence-electron chi connectivity index (χ3n) is 3.72. The van der Waals surface area contributed by atoms with E-state index < -0.39 is 10.0 Å². The van der Waals surface area contributed by atoms with E-state index in [2.05, 4.69) is 10.3 Å². The molecule has 134 valence electrons. The van der Waals surface area contributed by atoms with Crippen molar-refractivity contribution in [1.82, 2.24) is 9.88 Å². The zero-order valence-electron chi connectivity index (χ0n) is 14.3. The van der Waals surface area contributed by atoms with E-state index in [1.165, 1.54) is 6.07 Å². The third-order valence-corrected chi connectivity index (χ3v) is 4.77. The molecule has 0 saturated carbocycles. The first kappa shape index (κ1) is 19.0. The van der Waals surface area contributed by atoms with Gasteiger partial charge in [-0.05, 0) is 42.8 Å². The first-order valence-corrected chi connectivity index (χ1v) is 9.38. The van der Waals surface area contributed by atoms with E-state index in [0.29, 0.717) is 24.3 Å². The van der Waals surface area contributed by atoms with Crippen molar-refractivity contribution in [3.8, 4) is 0 Å².